The topological polar surface area (TPSA) is 166 Å². The molecule has 7 heterocycles. The highest BCUT2D eigenvalue weighted by Crippen LogP contribution is 2.46. The van der Waals surface area contributed by atoms with Crippen molar-refractivity contribution in [2.45, 2.75) is 64.0 Å². The summed E-state index contributed by atoms with van der Waals surface area (Å²) in [6.45, 7) is 9.50. The van der Waals surface area contributed by atoms with E-state index in [0.29, 0.717) is 67.5 Å². The Kier molecular flexibility index (Phi) is 10.9. The predicted molar refractivity (Wildman–Crippen MR) is 224 cm³/mol. The number of nitriles is 1. The first-order valence-electron chi connectivity index (χ1n) is 21.3. The van der Waals surface area contributed by atoms with Gasteiger partial charge < -0.3 is 19.6 Å². The number of halogens is 2. The minimum atomic E-state index is -1.11. The highest BCUT2D eigenvalue weighted by molar-refractivity contribution is 6.32. The molecule has 3 aromatic rings. The fraction of sp³-hybridized carbons (Fsp3) is 0.500. The molecule has 5 fully saturated rings. The van der Waals surface area contributed by atoms with Gasteiger partial charge in [0.2, 0.25) is 11.8 Å². The van der Waals surface area contributed by atoms with E-state index in [-0.39, 0.29) is 41.0 Å². The van der Waals surface area contributed by atoms with Gasteiger partial charge in [-0.1, -0.05) is 11.6 Å². The summed E-state index contributed by atoms with van der Waals surface area (Å²) in [4.78, 5) is 75.6. The van der Waals surface area contributed by atoms with Gasteiger partial charge in [-0.25, -0.2) is 4.39 Å². The van der Waals surface area contributed by atoms with Gasteiger partial charge in [0.1, 0.15) is 17.9 Å². The zero-order valence-corrected chi connectivity index (χ0v) is 34.9. The third-order valence-electron chi connectivity index (χ3n) is 13.8. The molecule has 1 aromatic heterocycles. The van der Waals surface area contributed by atoms with Gasteiger partial charge in [-0.2, -0.15) is 5.26 Å². The molecule has 0 saturated carbocycles. The molecule has 0 aliphatic carbocycles. The predicted octanol–water partition coefficient (Wildman–Crippen LogP) is 4.10. The van der Waals surface area contributed by atoms with Crippen LogP contribution in [0.5, 0.6) is 0 Å². The number of hydrogen-bond acceptors (Lipinski definition) is 12. The van der Waals surface area contributed by atoms with Crippen molar-refractivity contribution in [1.29, 1.82) is 5.26 Å². The Morgan fingerprint density at radius 1 is 0.902 bits per heavy atom. The summed E-state index contributed by atoms with van der Waals surface area (Å²) in [7, 11) is 0. The van der Waals surface area contributed by atoms with Gasteiger partial charge in [-0.3, -0.25) is 39.1 Å². The standard InChI is InChI=1S/C44H48ClFN10O5/c1-27-23-44(26-55(27)30-3-2-29(24-47)33(45)20-30)10-14-53(15-11-44)38-6-4-35(49-50-38)43(61)54-12-8-28(9-13-54)25-51-16-18-52(19-17-51)37-22-32-31(21-34(37)46)41(59)56(42(32)60)36-5-7-39(57)48-40(36)58/h2-4,6,20-22,27-28,36H,5,7-19,23,25-26H2,1H3,(H,48,57,58)/t27-,36?/m0/s1. The van der Waals surface area contributed by atoms with E-state index in [0.717, 1.165) is 80.8 Å². The molecule has 6 aliphatic heterocycles. The molecule has 2 atom stereocenters. The number of piperazine rings is 1. The zero-order valence-electron chi connectivity index (χ0n) is 34.1. The number of aromatic nitrogens is 2. The first-order chi connectivity index (χ1) is 29.4. The third kappa shape index (κ3) is 7.78. The van der Waals surface area contributed by atoms with Crippen LogP contribution in [0, 0.1) is 28.5 Å². The molecule has 0 bridgehead atoms. The van der Waals surface area contributed by atoms with Gasteiger partial charge in [0.25, 0.3) is 17.7 Å². The summed E-state index contributed by atoms with van der Waals surface area (Å²) in [5.41, 5.74) is 2.32. The molecule has 2 aromatic carbocycles. The normalized spacial score (nSPS) is 23.5. The highest BCUT2D eigenvalue weighted by Gasteiger charge is 2.46. The van der Waals surface area contributed by atoms with Gasteiger partial charge >= 0.3 is 0 Å². The minimum absolute atomic E-state index is 0.0112. The summed E-state index contributed by atoms with van der Waals surface area (Å²) in [6.07, 6.45) is 4.91. The van der Waals surface area contributed by atoms with E-state index >= 15 is 4.39 Å². The number of anilines is 3. The molecule has 15 nitrogen and oxygen atoms in total. The second kappa shape index (κ2) is 16.3. The van der Waals surface area contributed by atoms with Crippen molar-refractivity contribution in [2.24, 2.45) is 11.3 Å². The molecule has 61 heavy (non-hydrogen) atoms. The number of piperidine rings is 3. The van der Waals surface area contributed by atoms with Crippen LogP contribution in [0.15, 0.2) is 42.5 Å². The second-order valence-corrected chi connectivity index (χ2v) is 17.9. The van der Waals surface area contributed by atoms with E-state index in [9.17, 15) is 29.2 Å². The average molecular weight is 851 g/mol. The maximum Gasteiger partial charge on any atom is 0.274 e. The fourth-order valence-corrected chi connectivity index (χ4v) is 10.6. The van der Waals surface area contributed by atoms with Crippen molar-refractivity contribution in [3.05, 3.63) is 75.7 Å². The molecule has 5 amide bonds. The summed E-state index contributed by atoms with van der Waals surface area (Å²) in [5.74, 6) is -2.07. The first kappa shape index (κ1) is 40.7. The molecular formula is C44H48ClFN10O5. The maximum absolute atomic E-state index is 15.5. The third-order valence-corrected chi connectivity index (χ3v) is 14.1. The quantitative estimate of drug-likeness (QED) is 0.339. The Balaban J connectivity index is 0.725. The van der Waals surface area contributed by atoms with Gasteiger partial charge in [0, 0.05) is 83.6 Å². The molecule has 1 unspecified atom stereocenters. The van der Waals surface area contributed by atoms with Crippen LogP contribution in [-0.4, -0.2) is 132 Å². The van der Waals surface area contributed by atoms with Crippen LogP contribution in [0.2, 0.25) is 5.02 Å². The van der Waals surface area contributed by atoms with Crippen LogP contribution in [0.4, 0.5) is 21.6 Å². The summed E-state index contributed by atoms with van der Waals surface area (Å²) in [6, 6.07) is 13.3. The first-order valence-corrected chi connectivity index (χ1v) is 21.6. The zero-order chi connectivity index (χ0) is 42.6. The van der Waals surface area contributed by atoms with Crippen molar-refractivity contribution < 1.29 is 28.4 Å². The van der Waals surface area contributed by atoms with Gasteiger partial charge in [0.15, 0.2) is 11.5 Å². The summed E-state index contributed by atoms with van der Waals surface area (Å²) < 4.78 is 15.5. The number of nitrogens with one attached hydrogen (secondary N) is 1. The minimum Gasteiger partial charge on any atom is -0.368 e. The molecular weight excluding hydrogens is 803 g/mol. The number of hydrogen-bond donors (Lipinski definition) is 1. The second-order valence-electron chi connectivity index (χ2n) is 17.5. The summed E-state index contributed by atoms with van der Waals surface area (Å²) in [5, 5.41) is 20.8. The molecule has 1 N–H and O–H groups in total. The fourth-order valence-electron chi connectivity index (χ4n) is 10.4. The summed E-state index contributed by atoms with van der Waals surface area (Å²) >= 11 is 6.36. The lowest BCUT2D eigenvalue weighted by Crippen LogP contribution is -2.54. The molecule has 17 heteroatoms. The van der Waals surface area contributed by atoms with Crippen LogP contribution in [0.1, 0.15) is 88.6 Å². The van der Waals surface area contributed by atoms with E-state index in [1.54, 1.807) is 12.1 Å². The van der Waals surface area contributed by atoms with Gasteiger partial charge in [0.05, 0.1) is 27.4 Å². The number of rotatable bonds is 7. The van der Waals surface area contributed by atoms with Gasteiger partial charge in [-0.05, 0) is 99.2 Å². The Labute approximate surface area is 358 Å². The number of imide groups is 2. The van der Waals surface area contributed by atoms with Gasteiger partial charge in [-0.15, -0.1) is 10.2 Å². The molecule has 9 rings (SSSR count). The van der Waals surface area contributed by atoms with Crippen molar-refractivity contribution in [3.63, 3.8) is 0 Å². The van der Waals surface area contributed by atoms with Crippen molar-refractivity contribution in [3.8, 4) is 6.07 Å². The van der Waals surface area contributed by atoms with Crippen LogP contribution in [0.25, 0.3) is 0 Å². The van der Waals surface area contributed by atoms with E-state index < -0.39 is 35.5 Å². The van der Waals surface area contributed by atoms with Crippen molar-refractivity contribution in [2.75, 3.05) is 80.1 Å². The van der Waals surface area contributed by atoms with E-state index in [1.807, 2.05) is 28.0 Å². The van der Waals surface area contributed by atoms with Crippen molar-refractivity contribution >= 4 is 58.3 Å². The lowest BCUT2D eigenvalue weighted by Gasteiger charge is -2.40. The number of amides is 5. The highest BCUT2D eigenvalue weighted by atomic mass is 35.5. The van der Waals surface area contributed by atoms with E-state index in [4.69, 9.17) is 11.6 Å². The number of nitrogens with zero attached hydrogens (tertiary/aromatic N) is 9. The molecule has 1 spiro atoms. The SMILES string of the molecule is C[C@H]1CC2(CCN(c3ccc(C(=O)N4CCC(CN5CCN(c6cc7c(cc6F)C(=O)N(C6CCC(=O)NC6=O)C7=O)CC5)CC4)nn3)CC2)CN1c1ccc(C#N)c(Cl)c1. The van der Waals surface area contributed by atoms with Crippen LogP contribution in [0.3, 0.4) is 0 Å². The van der Waals surface area contributed by atoms with Crippen LogP contribution in [-0.2, 0) is 9.59 Å². The number of carbonyl (C=O) groups excluding carboxylic acids is 5. The van der Waals surface area contributed by atoms with E-state index in [2.05, 4.69) is 43.2 Å². The Morgan fingerprint density at radius 2 is 1.62 bits per heavy atom. The molecule has 6 aliphatic rings. The van der Waals surface area contributed by atoms with Crippen LogP contribution >= 0.6 is 11.6 Å². The average Bonchev–Trinajstić information content (AvgIpc) is 3.71. The number of fused-ring (bicyclic) bond motifs is 1. The lowest BCUT2D eigenvalue weighted by atomic mass is 9.77. The smallest absolute Gasteiger partial charge is 0.274 e. The monoisotopic (exact) mass is 850 g/mol. The number of likely N-dealkylation sites (tertiary alicyclic amines) is 1. The Bertz CT molecular complexity index is 2320. The molecule has 318 valence electrons. The number of carbonyl (C=O) groups is 5. The number of benzene rings is 2. The Hall–Kier alpha value is -5.66. The largest absolute Gasteiger partial charge is 0.368 e. The lowest BCUT2D eigenvalue weighted by molar-refractivity contribution is -0.136. The maximum atomic E-state index is 15.5. The molecule has 0 radical (unpaired) electrons. The molecule has 5 saturated heterocycles. The van der Waals surface area contributed by atoms with Crippen LogP contribution < -0.4 is 20.0 Å². The Morgan fingerprint density at radius 3 is 2.28 bits per heavy atom. The van der Waals surface area contributed by atoms with Crippen molar-refractivity contribution in [1.82, 2.24) is 30.2 Å². The van der Waals surface area contributed by atoms with E-state index in [1.165, 1.54) is 6.07 Å².